The number of halogens is 2. The number of nitrogen functional groups attached to an aromatic ring is 1. The number of non-ortho nitro benzene ring substituents is 2. The number of rotatable bonds is 4. The summed E-state index contributed by atoms with van der Waals surface area (Å²) in [6, 6.07) is 7.57. The second-order valence-corrected chi connectivity index (χ2v) is 6.14. The molecule has 0 saturated heterocycles. The summed E-state index contributed by atoms with van der Waals surface area (Å²) in [5.74, 6) is -0.286. The second-order valence-electron chi connectivity index (χ2n) is 5.46. The van der Waals surface area contributed by atoms with Crippen LogP contribution in [0.5, 0.6) is 11.5 Å². The van der Waals surface area contributed by atoms with E-state index in [1.54, 1.807) is 0 Å². The van der Waals surface area contributed by atoms with Gasteiger partial charge in [-0.25, -0.2) is 0 Å². The molecule has 36 heavy (non-hydrogen) atoms. The van der Waals surface area contributed by atoms with Crippen LogP contribution >= 0.6 is 23.2 Å². The first-order valence-electron chi connectivity index (χ1n) is 8.37. The zero-order valence-electron chi connectivity index (χ0n) is 19.7. The van der Waals surface area contributed by atoms with E-state index in [9.17, 15) is 29.8 Å². The van der Waals surface area contributed by atoms with Gasteiger partial charge in [0.05, 0.1) is 39.2 Å². The molecule has 1 amide bonds. The first-order chi connectivity index (χ1) is 16.0. The number of carbonyl (C=O) groups excluding carboxylic acids is 3. The van der Waals surface area contributed by atoms with Crippen molar-refractivity contribution in [1.29, 1.82) is 0 Å². The van der Waals surface area contributed by atoms with E-state index in [1.165, 1.54) is 30.3 Å². The second kappa shape index (κ2) is 22.1. The zero-order chi connectivity index (χ0) is 26.3. The molecule has 3 rings (SSSR count). The van der Waals surface area contributed by atoms with Crippen molar-refractivity contribution in [2.24, 2.45) is 0 Å². The van der Waals surface area contributed by atoms with Crippen LogP contribution < -0.4 is 124 Å². The van der Waals surface area contributed by atoms with Crippen molar-refractivity contribution in [2.45, 2.75) is 0 Å². The van der Waals surface area contributed by atoms with E-state index in [1.807, 2.05) is 0 Å². The summed E-state index contributed by atoms with van der Waals surface area (Å²) in [5.41, 5.74) is 5.59. The third kappa shape index (κ3) is 16.7. The Labute approximate surface area is 299 Å². The number of carbonyl (C=O) groups is 3. The SMILES string of the molecule is Nc1ccc([N+](=O)[O-])cc1O.O=C(Cl)CCl.O=C1COc2cc([N+](=O)[O-])ccc2N1.O=CO[O-].[H-].[K+].[K+]. The number of anilines is 2. The van der Waals surface area contributed by atoms with E-state index >= 15 is 0 Å². The molecular formula is C17H16Cl2K2N4O11. The Morgan fingerprint density at radius 3 is 2.08 bits per heavy atom. The zero-order valence-corrected chi connectivity index (χ0v) is 26.5. The normalized spacial score (nSPS) is 9.92. The van der Waals surface area contributed by atoms with Gasteiger partial charge in [0.1, 0.15) is 11.5 Å². The number of fused-ring (bicyclic) bond motifs is 1. The van der Waals surface area contributed by atoms with Crippen molar-refractivity contribution >= 4 is 63.6 Å². The van der Waals surface area contributed by atoms with Gasteiger partial charge < -0.3 is 32.5 Å². The summed E-state index contributed by atoms with van der Waals surface area (Å²) >= 11 is 9.55. The predicted molar refractivity (Wildman–Crippen MR) is 116 cm³/mol. The van der Waals surface area contributed by atoms with Crippen molar-refractivity contribution in [1.82, 2.24) is 0 Å². The molecule has 0 spiro atoms. The minimum absolute atomic E-state index is 0. The van der Waals surface area contributed by atoms with E-state index in [0.717, 1.165) is 6.07 Å². The Kier molecular flexibility index (Phi) is 24.3. The Balaban J connectivity index is -0.000000213. The van der Waals surface area contributed by atoms with Gasteiger partial charge in [-0.05, 0) is 23.7 Å². The molecule has 186 valence electrons. The van der Waals surface area contributed by atoms with Crippen molar-refractivity contribution < 1.29 is 148 Å². The number of hydrogen-bond acceptors (Lipinski definition) is 12. The molecule has 0 atom stereocenters. The van der Waals surface area contributed by atoms with E-state index < -0.39 is 15.1 Å². The maximum absolute atomic E-state index is 10.9. The summed E-state index contributed by atoms with van der Waals surface area (Å²) in [7, 11) is 0. The molecule has 0 unspecified atom stereocenters. The van der Waals surface area contributed by atoms with Crippen molar-refractivity contribution in [2.75, 3.05) is 23.5 Å². The van der Waals surface area contributed by atoms with Crippen LogP contribution in [0.1, 0.15) is 1.43 Å². The molecule has 0 aromatic heterocycles. The number of nitrogens with one attached hydrogen (secondary N) is 1. The van der Waals surface area contributed by atoms with Gasteiger partial charge in [0.15, 0.2) is 6.61 Å². The number of alkyl halides is 1. The molecule has 0 saturated carbocycles. The van der Waals surface area contributed by atoms with E-state index in [2.05, 4.69) is 10.2 Å². The first kappa shape index (κ1) is 39.6. The van der Waals surface area contributed by atoms with Crippen molar-refractivity contribution in [3.8, 4) is 11.5 Å². The summed E-state index contributed by atoms with van der Waals surface area (Å²) < 4.78 is 5.01. The first-order valence-corrected chi connectivity index (χ1v) is 9.28. The summed E-state index contributed by atoms with van der Waals surface area (Å²) in [4.78, 5) is 51.0. The standard InChI is InChI=1S/C8H6N2O4.C6H6N2O3.C2H2Cl2O.CH2O3.2K.H/c11-8-4-14-7-3-5(10(12)13)1-2-6(7)9-8;7-5-2-1-4(8(10)11)3-6(5)9;3-1-2(4)5;2-1-4-3;;;/h1-3H,4H2,(H,9,11);1-3,9H,7H2;1H2;1,3H;;;/q;;;;2*+1;-1/p-1. The Morgan fingerprint density at radius 2 is 1.67 bits per heavy atom. The minimum Gasteiger partial charge on any atom is -1.00 e. The molecule has 0 fully saturated rings. The number of phenols is 1. The summed E-state index contributed by atoms with van der Waals surface area (Å²) in [5, 5.41) is 39.9. The number of benzene rings is 2. The fraction of sp³-hybridized carbons (Fsp3) is 0.118. The van der Waals surface area contributed by atoms with Gasteiger partial charge in [0.2, 0.25) is 5.24 Å². The van der Waals surface area contributed by atoms with Crippen LogP contribution in [0.3, 0.4) is 0 Å². The smallest absolute Gasteiger partial charge is 1.00 e. The van der Waals surface area contributed by atoms with Crippen LogP contribution in [-0.2, 0) is 19.3 Å². The fourth-order valence-corrected chi connectivity index (χ4v) is 1.82. The Morgan fingerprint density at radius 1 is 1.19 bits per heavy atom. The third-order valence-corrected chi connectivity index (χ3v) is 3.69. The van der Waals surface area contributed by atoms with Crippen LogP contribution in [0.15, 0.2) is 36.4 Å². The number of nitrogens with zero attached hydrogens (tertiary/aromatic N) is 2. The molecular weight excluding hydrogens is 585 g/mol. The average molecular weight is 601 g/mol. The Hall–Kier alpha value is -0.937. The van der Waals surface area contributed by atoms with Crippen molar-refractivity contribution in [3.05, 3.63) is 56.6 Å². The molecule has 0 radical (unpaired) electrons. The molecule has 1 aliphatic heterocycles. The van der Waals surface area contributed by atoms with E-state index in [0.29, 0.717) is 11.4 Å². The van der Waals surface area contributed by atoms with Crippen LogP contribution in [0.4, 0.5) is 22.7 Å². The van der Waals surface area contributed by atoms with Gasteiger partial charge in [-0.1, -0.05) is 0 Å². The molecule has 0 bridgehead atoms. The third-order valence-electron chi connectivity index (χ3n) is 3.18. The number of ether oxygens (including phenoxy) is 1. The van der Waals surface area contributed by atoms with Crippen LogP contribution in [0, 0.1) is 20.2 Å². The molecule has 2 aromatic rings. The molecule has 4 N–H and O–H groups in total. The number of amides is 1. The Bertz CT molecular complexity index is 1050. The monoisotopic (exact) mass is 600 g/mol. The molecule has 2 aromatic carbocycles. The number of hydrogen-bond donors (Lipinski definition) is 3. The average Bonchev–Trinajstić information content (AvgIpc) is 2.81. The predicted octanol–water partition coefficient (Wildman–Crippen LogP) is -4.65. The van der Waals surface area contributed by atoms with Crippen molar-refractivity contribution in [3.63, 3.8) is 0 Å². The molecule has 1 heterocycles. The van der Waals surface area contributed by atoms with E-state index in [4.69, 9.17) is 48.8 Å². The van der Waals surface area contributed by atoms with Crippen LogP contribution in [0.25, 0.3) is 0 Å². The van der Waals surface area contributed by atoms with Crippen LogP contribution in [0.2, 0.25) is 0 Å². The fourth-order valence-electron chi connectivity index (χ4n) is 1.82. The van der Waals surface area contributed by atoms with Gasteiger partial charge in [-0.15, -0.1) is 11.6 Å². The number of nitro groups is 2. The minimum atomic E-state index is -0.598. The topological polar surface area (TPSA) is 237 Å². The quantitative estimate of drug-likeness (QED) is 0.0345. The van der Waals surface area contributed by atoms with E-state index in [-0.39, 0.29) is 152 Å². The summed E-state index contributed by atoms with van der Waals surface area (Å²) in [6.07, 6.45) is 0. The van der Waals surface area contributed by atoms with Gasteiger partial charge in [-0.2, -0.15) is 0 Å². The van der Waals surface area contributed by atoms with Gasteiger partial charge >= 0.3 is 103 Å². The number of nitrogens with two attached hydrogens (primary N) is 1. The van der Waals surface area contributed by atoms with Gasteiger partial charge in [0, 0.05) is 12.1 Å². The molecule has 19 heteroatoms. The maximum Gasteiger partial charge on any atom is 1.00 e. The van der Waals surface area contributed by atoms with Gasteiger partial charge in [0.25, 0.3) is 23.8 Å². The largest absolute Gasteiger partial charge is 1.00 e. The molecule has 1 aliphatic rings. The van der Waals surface area contributed by atoms with Crippen LogP contribution in [-0.4, -0.2) is 45.1 Å². The van der Waals surface area contributed by atoms with Gasteiger partial charge in [-0.3, -0.25) is 34.6 Å². The molecule has 15 nitrogen and oxygen atoms in total. The summed E-state index contributed by atoms with van der Waals surface area (Å²) in [6.45, 7) is -0.284. The maximum atomic E-state index is 10.9. The number of nitro benzene ring substituents is 2. The number of aromatic hydroxyl groups is 1. The number of phenolic OH excluding ortho intramolecular Hbond substituents is 1. The molecule has 0 aliphatic carbocycles.